The van der Waals surface area contributed by atoms with Crippen LogP contribution in [0.1, 0.15) is 28.5 Å². The minimum absolute atomic E-state index is 0.0324. The maximum Gasteiger partial charge on any atom is 0.342 e. The number of H-pyrrole nitrogens is 1. The van der Waals surface area contributed by atoms with Crippen molar-refractivity contribution < 1.29 is 22.3 Å². The van der Waals surface area contributed by atoms with Crippen LogP contribution in [-0.4, -0.2) is 31.7 Å². The average molecular weight is 341 g/mol. The second-order valence-corrected chi connectivity index (χ2v) is 6.39. The van der Waals surface area contributed by atoms with E-state index in [9.17, 15) is 17.6 Å². The van der Waals surface area contributed by atoms with Crippen molar-refractivity contribution in [3.05, 3.63) is 40.8 Å². The van der Waals surface area contributed by atoms with Gasteiger partial charge in [-0.1, -0.05) is 13.0 Å². The number of nitrogens with zero attached hydrogens (tertiary/aromatic N) is 1. The summed E-state index contributed by atoms with van der Waals surface area (Å²) in [5, 5.41) is 5.72. The Labute approximate surface area is 132 Å². The van der Waals surface area contributed by atoms with E-state index < -0.39 is 26.8 Å². The van der Waals surface area contributed by atoms with Crippen LogP contribution in [0.25, 0.3) is 0 Å². The van der Waals surface area contributed by atoms with Gasteiger partial charge in [0.1, 0.15) is 11.4 Å². The zero-order valence-electron chi connectivity index (χ0n) is 12.8. The molecule has 1 aromatic heterocycles. The number of hydrogen-bond donors (Lipinski definition) is 2. The second kappa shape index (κ2) is 6.37. The van der Waals surface area contributed by atoms with Gasteiger partial charge < -0.3 is 4.74 Å². The minimum Gasteiger partial charge on any atom is -0.465 e. The molecule has 23 heavy (non-hydrogen) atoms. The van der Waals surface area contributed by atoms with Crippen LogP contribution in [-0.2, 0) is 21.2 Å². The number of aromatic amines is 1. The average Bonchev–Trinajstić information content (AvgIpc) is 2.94. The normalized spacial score (nSPS) is 11.3. The maximum atomic E-state index is 13.5. The first kappa shape index (κ1) is 16.9. The smallest absolute Gasteiger partial charge is 0.342 e. The van der Waals surface area contributed by atoms with Crippen LogP contribution in [0.15, 0.2) is 23.2 Å². The van der Waals surface area contributed by atoms with E-state index in [-0.39, 0.29) is 11.3 Å². The van der Waals surface area contributed by atoms with E-state index in [1.165, 1.54) is 12.1 Å². The molecule has 124 valence electrons. The molecule has 9 heteroatoms. The molecule has 2 aromatic rings. The van der Waals surface area contributed by atoms with E-state index in [1.807, 2.05) is 0 Å². The monoisotopic (exact) mass is 341 g/mol. The van der Waals surface area contributed by atoms with E-state index in [1.54, 1.807) is 13.8 Å². The first-order valence-electron chi connectivity index (χ1n) is 6.74. The molecule has 0 aliphatic heterocycles. The zero-order chi connectivity index (χ0) is 17.2. The van der Waals surface area contributed by atoms with Crippen molar-refractivity contribution in [2.45, 2.75) is 25.3 Å². The van der Waals surface area contributed by atoms with Gasteiger partial charge in [-0.3, -0.25) is 9.82 Å². The fraction of sp³-hybridized carbons (Fsp3) is 0.286. The van der Waals surface area contributed by atoms with Crippen LogP contribution >= 0.6 is 0 Å². The van der Waals surface area contributed by atoms with E-state index in [0.29, 0.717) is 17.7 Å². The van der Waals surface area contributed by atoms with E-state index in [0.717, 1.165) is 13.2 Å². The number of ether oxygens (including phenoxy) is 1. The molecule has 2 N–H and O–H groups in total. The SMILES string of the molecule is CCc1[nH]nc(S(=O)(=O)Nc2ccc(C)c(F)c2)c1C(=O)OC. The highest BCUT2D eigenvalue weighted by molar-refractivity contribution is 7.92. The third-order valence-electron chi connectivity index (χ3n) is 3.23. The van der Waals surface area contributed by atoms with Crippen molar-refractivity contribution >= 4 is 21.7 Å². The number of benzene rings is 1. The molecule has 1 heterocycles. The number of aromatic nitrogens is 2. The highest BCUT2D eigenvalue weighted by Crippen LogP contribution is 2.22. The lowest BCUT2D eigenvalue weighted by atomic mass is 10.2. The Morgan fingerprint density at radius 1 is 1.43 bits per heavy atom. The summed E-state index contributed by atoms with van der Waals surface area (Å²) in [4.78, 5) is 11.8. The molecule has 0 saturated carbocycles. The number of rotatable bonds is 5. The number of halogens is 1. The number of esters is 1. The van der Waals surface area contributed by atoms with Crippen molar-refractivity contribution in [3.8, 4) is 0 Å². The molecule has 0 spiro atoms. The third kappa shape index (κ3) is 3.34. The molecule has 2 rings (SSSR count). The number of carbonyl (C=O) groups is 1. The molecule has 0 amide bonds. The summed E-state index contributed by atoms with van der Waals surface area (Å²) >= 11 is 0. The highest BCUT2D eigenvalue weighted by Gasteiger charge is 2.29. The van der Waals surface area contributed by atoms with Crippen molar-refractivity contribution in [2.24, 2.45) is 0 Å². The molecule has 0 aliphatic rings. The van der Waals surface area contributed by atoms with Crippen LogP contribution in [0.3, 0.4) is 0 Å². The Bertz CT molecular complexity index is 846. The van der Waals surface area contributed by atoms with Crippen LogP contribution < -0.4 is 4.72 Å². The number of anilines is 1. The molecule has 0 radical (unpaired) electrons. The lowest BCUT2D eigenvalue weighted by molar-refractivity contribution is 0.0595. The van der Waals surface area contributed by atoms with Crippen LogP contribution in [0, 0.1) is 12.7 Å². The summed E-state index contributed by atoms with van der Waals surface area (Å²) in [5.74, 6) is -1.36. The van der Waals surface area contributed by atoms with Crippen molar-refractivity contribution in [1.29, 1.82) is 0 Å². The first-order valence-corrected chi connectivity index (χ1v) is 8.23. The first-order chi connectivity index (χ1) is 10.8. The number of sulfonamides is 1. The fourth-order valence-corrected chi connectivity index (χ4v) is 3.16. The molecule has 0 unspecified atom stereocenters. The Morgan fingerprint density at radius 3 is 2.70 bits per heavy atom. The highest BCUT2D eigenvalue weighted by atomic mass is 32.2. The van der Waals surface area contributed by atoms with Crippen LogP contribution in [0.5, 0.6) is 0 Å². The summed E-state index contributed by atoms with van der Waals surface area (Å²) in [6, 6.07) is 3.91. The predicted octanol–water partition coefficient (Wildman–Crippen LogP) is 2.01. The molecule has 0 bridgehead atoms. The predicted molar refractivity (Wildman–Crippen MR) is 81.3 cm³/mol. The summed E-state index contributed by atoms with van der Waals surface area (Å²) in [6.45, 7) is 3.29. The van der Waals surface area contributed by atoms with Gasteiger partial charge in [-0.15, -0.1) is 0 Å². The maximum absolute atomic E-state index is 13.5. The van der Waals surface area contributed by atoms with Gasteiger partial charge in [-0.25, -0.2) is 9.18 Å². The number of aryl methyl sites for hydroxylation is 2. The molecule has 1 aromatic carbocycles. The van der Waals surface area contributed by atoms with Gasteiger partial charge in [0.2, 0.25) is 5.03 Å². The number of hydrogen-bond acceptors (Lipinski definition) is 5. The summed E-state index contributed by atoms with van der Waals surface area (Å²) in [5.41, 5.74) is 0.601. The largest absolute Gasteiger partial charge is 0.465 e. The number of carbonyl (C=O) groups excluding carboxylic acids is 1. The number of methoxy groups -OCH3 is 1. The Balaban J connectivity index is 2.45. The third-order valence-corrected chi connectivity index (χ3v) is 4.54. The molecule has 0 saturated heterocycles. The van der Waals surface area contributed by atoms with Gasteiger partial charge in [-0.05, 0) is 31.0 Å². The molecule has 7 nitrogen and oxygen atoms in total. The minimum atomic E-state index is -4.18. The molecule has 0 fully saturated rings. The molecular weight excluding hydrogens is 325 g/mol. The van der Waals surface area contributed by atoms with Crippen molar-refractivity contribution in [3.63, 3.8) is 0 Å². The Morgan fingerprint density at radius 2 is 2.13 bits per heavy atom. The second-order valence-electron chi connectivity index (χ2n) is 4.80. The van der Waals surface area contributed by atoms with Crippen molar-refractivity contribution in [1.82, 2.24) is 10.2 Å². The van der Waals surface area contributed by atoms with Gasteiger partial charge in [0.15, 0.2) is 0 Å². The van der Waals surface area contributed by atoms with Gasteiger partial charge in [-0.2, -0.15) is 13.5 Å². The molecule has 0 atom stereocenters. The Kier molecular flexibility index (Phi) is 4.69. The standard InChI is InChI=1S/C14H16FN3O4S/c1-4-11-12(14(19)22-3)13(17-16-11)23(20,21)18-9-6-5-8(2)10(15)7-9/h5-7,18H,4H2,1-3H3,(H,16,17). The summed E-state index contributed by atoms with van der Waals surface area (Å²) in [6.07, 6.45) is 0.367. The topological polar surface area (TPSA) is 101 Å². The fourth-order valence-electron chi connectivity index (χ4n) is 1.98. The molecular formula is C14H16FN3O4S. The lowest BCUT2D eigenvalue weighted by Crippen LogP contribution is -2.18. The van der Waals surface area contributed by atoms with E-state index in [4.69, 9.17) is 0 Å². The van der Waals surface area contributed by atoms with Crippen LogP contribution in [0.4, 0.5) is 10.1 Å². The number of nitrogens with one attached hydrogen (secondary N) is 2. The van der Waals surface area contributed by atoms with Crippen LogP contribution in [0.2, 0.25) is 0 Å². The Hall–Kier alpha value is -2.42. The van der Waals surface area contributed by atoms with E-state index >= 15 is 0 Å². The molecule has 0 aliphatic carbocycles. The quantitative estimate of drug-likeness (QED) is 0.810. The van der Waals surface area contributed by atoms with Gasteiger partial charge in [0.05, 0.1) is 18.5 Å². The van der Waals surface area contributed by atoms with E-state index in [2.05, 4.69) is 19.7 Å². The summed E-state index contributed by atoms with van der Waals surface area (Å²) < 4.78 is 45.2. The van der Waals surface area contributed by atoms with Gasteiger partial charge in [0.25, 0.3) is 10.0 Å². The van der Waals surface area contributed by atoms with Crippen molar-refractivity contribution in [2.75, 3.05) is 11.8 Å². The lowest BCUT2D eigenvalue weighted by Gasteiger charge is -2.08. The van der Waals surface area contributed by atoms with Gasteiger partial charge >= 0.3 is 5.97 Å². The zero-order valence-corrected chi connectivity index (χ0v) is 13.6. The summed E-state index contributed by atoms with van der Waals surface area (Å²) in [7, 11) is -3.03. The van der Waals surface area contributed by atoms with Gasteiger partial charge in [0, 0.05) is 0 Å².